The van der Waals surface area contributed by atoms with Crippen LogP contribution in [0.1, 0.15) is 29.3 Å². The van der Waals surface area contributed by atoms with E-state index in [1.54, 1.807) is 26.1 Å². The van der Waals surface area contributed by atoms with Crippen LogP contribution in [0.25, 0.3) is 0 Å². The molecule has 2 N–H and O–H groups in total. The van der Waals surface area contributed by atoms with Crippen molar-refractivity contribution < 1.29 is 27.4 Å². The summed E-state index contributed by atoms with van der Waals surface area (Å²) < 4.78 is 52.7. The molecule has 11 heteroatoms. The smallest absolute Gasteiger partial charge is 0.247 e. The minimum absolute atomic E-state index is 0.00493. The van der Waals surface area contributed by atoms with Gasteiger partial charge in [-0.1, -0.05) is 31.9 Å². The number of halogens is 3. The molecule has 0 bridgehead atoms. The molecule has 0 fully saturated rings. The highest BCUT2D eigenvalue weighted by molar-refractivity contribution is 5.96. The molecule has 0 saturated heterocycles. The molecule has 0 radical (unpaired) electrons. The zero-order valence-electron chi connectivity index (χ0n) is 22.9. The quantitative estimate of drug-likeness (QED) is 0.145. The van der Waals surface area contributed by atoms with E-state index in [1.807, 2.05) is 19.0 Å². The SMILES string of the molecule is C=C/N=C(\N=C(/CC(F)F)Oc1cccc(CN(C)C)c1C=O)NC(=C)/C=C(F)\C(=C/C(C)OC)C(=C)NC. The highest BCUT2D eigenvalue weighted by Crippen LogP contribution is 2.23. The van der Waals surface area contributed by atoms with Gasteiger partial charge in [0.2, 0.25) is 18.3 Å². The number of hydrogen-bond acceptors (Lipinski definition) is 6. The second-order valence-electron chi connectivity index (χ2n) is 8.41. The van der Waals surface area contributed by atoms with Crippen LogP contribution in [-0.2, 0) is 11.3 Å². The zero-order valence-corrected chi connectivity index (χ0v) is 22.9. The van der Waals surface area contributed by atoms with Gasteiger partial charge >= 0.3 is 0 Å². The number of hydrogen-bond donors (Lipinski definition) is 2. The Balaban J connectivity index is 3.37. The minimum atomic E-state index is -2.82. The maximum Gasteiger partial charge on any atom is 0.247 e. The second kappa shape index (κ2) is 16.8. The van der Waals surface area contributed by atoms with E-state index in [1.165, 1.54) is 19.3 Å². The van der Waals surface area contributed by atoms with Crippen LogP contribution in [0, 0.1) is 0 Å². The fourth-order valence-corrected chi connectivity index (χ4v) is 3.13. The lowest BCUT2D eigenvalue weighted by molar-refractivity contribution is 0.112. The van der Waals surface area contributed by atoms with Crippen molar-refractivity contribution in [1.29, 1.82) is 0 Å². The van der Waals surface area contributed by atoms with Gasteiger partial charge in [-0.2, -0.15) is 4.99 Å². The number of methoxy groups -OCH3 is 1. The molecule has 0 amide bonds. The number of carbonyl (C=O) groups is 1. The van der Waals surface area contributed by atoms with Gasteiger partial charge < -0.3 is 25.0 Å². The van der Waals surface area contributed by atoms with Crippen LogP contribution in [-0.4, -0.2) is 63.8 Å². The van der Waals surface area contributed by atoms with Gasteiger partial charge in [-0.3, -0.25) is 4.79 Å². The molecule has 0 spiro atoms. The van der Waals surface area contributed by atoms with Crippen LogP contribution in [0.2, 0.25) is 0 Å². The minimum Gasteiger partial charge on any atom is -0.442 e. The summed E-state index contributed by atoms with van der Waals surface area (Å²) in [5.74, 6) is -1.32. The first kappa shape index (κ1) is 33.1. The number of aliphatic imine (C=N–C) groups is 2. The lowest BCUT2D eigenvalue weighted by Gasteiger charge is -2.16. The Kier molecular flexibility index (Phi) is 14.2. The highest BCUT2D eigenvalue weighted by atomic mass is 19.3. The third-order valence-electron chi connectivity index (χ3n) is 4.99. The number of aldehydes is 1. The summed E-state index contributed by atoms with van der Waals surface area (Å²) in [7, 11) is 6.72. The Labute approximate surface area is 228 Å². The Morgan fingerprint density at radius 2 is 1.95 bits per heavy atom. The van der Waals surface area contributed by atoms with E-state index in [4.69, 9.17) is 9.47 Å². The summed E-state index contributed by atoms with van der Waals surface area (Å²) in [5.41, 5.74) is 1.28. The van der Waals surface area contributed by atoms with Crippen molar-refractivity contribution in [1.82, 2.24) is 15.5 Å². The fraction of sp³-hybridized carbons (Fsp3) is 0.321. The molecule has 0 aliphatic rings. The molecule has 8 nitrogen and oxygen atoms in total. The first-order valence-corrected chi connectivity index (χ1v) is 11.8. The number of benzene rings is 1. The largest absolute Gasteiger partial charge is 0.442 e. The van der Waals surface area contributed by atoms with Crippen LogP contribution in [0.15, 0.2) is 89.1 Å². The Morgan fingerprint density at radius 3 is 2.49 bits per heavy atom. The van der Waals surface area contributed by atoms with Gasteiger partial charge in [-0.05, 0) is 44.8 Å². The van der Waals surface area contributed by atoms with Crippen LogP contribution < -0.4 is 15.4 Å². The highest BCUT2D eigenvalue weighted by Gasteiger charge is 2.17. The van der Waals surface area contributed by atoms with Crippen LogP contribution in [0.5, 0.6) is 5.75 Å². The van der Waals surface area contributed by atoms with Gasteiger partial charge in [-0.15, -0.1) is 0 Å². The molecule has 212 valence electrons. The first-order valence-electron chi connectivity index (χ1n) is 11.8. The Hall–Kier alpha value is -3.96. The lowest BCUT2D eigenvalue weighted by Crippen LogP contribution is -2.24. The van der Waals surface area contributed by atoms with E-state index in [9.17, 15) is 13.6 Å². The molecule has 0 aromatic heterocycles. The number of carbonyl (C=O) groups excluding carboxylic acids is 1. The molecule has 1 rings (SSSR count). The maximum absolute atomic E-state index is 15.1. The van der Waals surface area contributed by atoms with Gasteiger partial charge in [0.25, 0.3) is 0 Å². The van der Waals surface area contributed by atoms with Crippen LogP contribution in [0.4, 0.5) is 13.2 Å². The maximum atomic E-state index is 15.1. The molecular formula is C28H36F3N5O3. The summed E-state index contributed by atoms with van der Waals surface area (Å²) in [5, 5.41) is 5.43. The molecule has 39 heavy (non-hydrogen) atoms. The van der Waals surface area contributed by atoms with Crippen molar-refractivity contribution >= 4 is 18.1 Å². The van der Waals surface area contributed by atoms with Crippen molar-refractivity contribution in [2.45, 2.75) is 32.4 Å². The third-order valence-corrected chi connectivity index (χ3v) is 4.99. The molecule has 1 aromatic rings. The fourth-order valence-electron chi connectivity index (χ4n) is 3.13. The molecule has 0 saturated carbocycles. The van der Waals surface area contributed by atoms with E-state index in [0.717, 1.165) is 12.3 Å². The third kappa shape index (κ3) is 11.5. The number of alkyl halides is 2. The first-order chi connectivity index (χ1) is 18.4. The molecule has 1 unspecified atom stereocenters. The van der Waals surface area contributed by atoms with Crippen molar-refractivity contribution in [2.24, 2.45) is 9.98 Å². The van der Waals surface area contributed by atoms with Crippen LogP contribution in [0.3, 0.4) is 0 Å². The van der Waals surface area contributed by atoms with Gasteiger partial charge in [0.05, 0.1) is 18.1 Å². The molecule has 1 atom stereocenters. The summed E-state index contributed by atoms with van der Waals surface area (Å²) in [6.45, 7) is 13.2. The average Bonchev–Trinajstić information content (AvgIpc) is 2.85. The van der Waals surface area contributed by atoms with E-state index in [2.05, 4.69) is 40.4 Å². The number of nitrogens with zero attached hydrogens (tertiary/aromatic N) is 3. The lowest BCUT2D eigenvalue weighted by atomic mass is 10.1. The number of likely N-dealkylation sites (N-methyl/N-ethyl adjacent to an activating group) is 1. The summed E-state index contributed by atoms with van der Waals surface area (Å²) in [6.07, 6.45) is 0.189. The molecule has 1 aromatic carbocycles. The predicted molar refractivity (Wildman–Crippen MR) is 150 cm³/mol. The molecule has 0 aliphatic carbocycles. The number of guanidine groups is 1. The Morgan fingerprint density at radius 1 is 1.26 bits per heavy atom. The van der Waals surface area contributed by atoms with Gasteiger partial charge in [-0.25, -0.2) is 18.2 Å². The summed E-state index contributed by atoms with van der Waals surface area (Å²) in [4.78, 5) is 21.6. The summed E-state index contributed by atoms with van der Waals surface area (Å²) in [6, 6.07) is 4.85. The standard InChI is InChI=1S/C28H36F3N5O3/c1-9-33-28(34-18(2)13-24(29)22(20(4)32-5)14-19(3)38-8)35-27(15-26(30)31)39-25-12-10-11-21(16-36(6)7)23(25)17-37/h9-14,17,19,26,32H,1-2,4,15-16H2,3,5-8H3,(H,33,34)/b22-14-,24-13+,35-27+. The number of nitrogens with one attached hydrogen (secondary N) is 2. The van der Waals surface area contributed by atoms with Gasteiger partial charge in [0.1, 0.15) is 11.6 Å². The number of rotatable bonds is 14. The van der Waals surface area contributed by atoms with E-state index in [-0.39, 0.29) is 28.5 Å². The summed E-state index contributed by atoms with van der Waals surface area (Å²) >= 11 is 0. The van der Waals surface area contributed by atoms with Crippen molar-refractivity contribution in [3.8, 4) is 5.75 Å². The van der Waals surface area contributed by atoms with Crippen molar-refractivity contribution in [2.75, 3.05) is 28.3 Å². The van der Waals surface area contributed by atoms with E-state index in [0.29, 0.717) is 24.1 Å². The molecule has 0 heterocycles. The van der Waals surface area contributed by atoms with Gasteiger partial charge in [0.15, 0.2) is 6.29 Å². The van der Waals surface area contributed by atoms with E-state index < -0.39 is 30.7 Å². The van der Waals surface area contributed by atoms with Gasteiger partial charge in [0, 0.05) is 43.9 Å². The average molecular weight is 548 g/mol. The predicted octanol–water partition coefficient (Wildman–Crippen LogP) is 5.14. The molecular weight excluding hydrogens is 511 g/mol. The topological polar surface area (TPSA) is 87.6 Å². The van der Waals surface area contributed by atoms with Crippen molar-refractivity contribution in [3.05, 3.63) is 90.2 Å². The van der Waals surface area contributed by atoms with Crippen LogP contribution >= 0.6 is 0 Å². The van der Waals surface area contributed by atoms with E-state index >= 15 is 4.39 Å². The Bertz CT molecular complexity index is 1160. The normalized spacial score (nSPS) is 13.8. The monoisotopic (exact) mass is 547 g/mol. The number of allylic oxidation sites excluding steroid dienone is 2. The molecule has 0 aliphatic heterocycles. The zero-order chi connectivity index (χ0) is 29.5. The van der Waals surface area contributed by atoms with Crippen molar-refractivity contribution in [3.63, 3.8) is 0 Å². The number of ether oxygens (including phenoxy) is 2. The second-order valence-corrected chi connectivity index (χ2v) is 8.41.